The zero-order valence-corrected chi connectivity index (χ0v) is 18.4. The Labute approximate surface area is 179 Å². The van der Waals surface area contributed by atoms with Crippen molar-refractivity contribution in [2.45, 2.75) is 46.5 Å². The summed E-state index contributed by atoms with van der Waals surface area (Å²) in [6, 6.07) is 5.40. The van der Waals surface area contributed by atoms with Gasteiger partial charge < -0.3 is 10.2 Å². The van der Waals surface area contributed by atoms with Gasteiger partial charge in [-0.05, 0) is 55.6 Å². The van der Waals surface area contributed by atoms with E-state index in [1.54, 1.807) is 16.7 Å². The molecule has 1 aliphatic carbocycles. The van der Waals surface area contributed by atoms with Gasteiger partial charge in [0.05, 0.1) is 0 Å². The number of aromatic nitrogens is 2. The van der Waals surface area contributed by atoms with E-state index in [-0.39, 0.29) is 11.8 Å². The molecule has 0 aliphatic heterocycles. The lowest BCUT2D eigenvalue weighted by molar-refractivity contribution is 0.0750. The lowest BCUT2D eigenvalue weighted by Gasteiger charge is -2.20. The maximum absolute atomic E-state index is 12.9. The molecular formula is C24H34N4O2. The predicted octanol–water partition coefficient (Wildman–Crippen LogP) is 4.17. The van der Waals surface area contributed by atoms with Crippen LogP contribution in [0.1, 0.15) is 67.4 Å². The molecule has 2 aromatic rings. The summed E-state index contributed by atoms with van der Waals surface area (Å²) in [5.41, 5.74) is 1.49. The minimum Gasteiger partial charge on any atom is -0.350 e. The van der Waals surface area contributed by atoms with Crippen LogP contribution in [0.25, 0.3) is 5.65 Å². The van der Waals surface area contributed by atoms with Crippen LogP contribution in [-0.2, 0) is 0 Å². The van der Waals surface area contributed by atoms with Crippen LogP contribution in [0.15, 0.2) is 37.1 Å². The van der Waals surface area contributed by atoms with E-state index in [9.17, 15) is 9.59 Å². The van der Waals surface area contributed by atoms with Gasteiger partial charge in [0, 0.05) is 25.8 Å². The first-order chi connectivity index (χ1) is 14.5. The van der Waals surface area contributed by atoms with Crippen LogP contribution in [0.5, 0.6) is 0 Å². The predicted molar refractivity (Wildman–Crippen MR) is 120 cm³/mol. The Hall–Kier alpha value is -2.63. The summed E-state index contributed by atoms with van der Waals surface area (Å²) < 4.78 is 1.72. The van der Waals surface area contributed by atoms with E-state index >= 15 is 0 Å². The molecule has 1 N–H and O–H groups in total. The maximum Gasteiger partial charge on any atom is 0.274 e. The molecule has 3 unspecified atom stereocenters. The van der Waals surface area contributed by atoms with Crippen molar-refractivity contribution < 1.29 is 9.59 Å². The first-order valence-electron chi connectivity index (χ1n) is 11.2. The third-order valence-corrected chi connectivity index (χ3v) is 5.81. The highest BCUT2D eigenvalue weighted by Gasteiger charge is 2.34. The Balaban J connectivity index is 1.69. The van der Waals surface area contributed by atoms with E-state index < -0.39 is 0 Å². The monoisotopic (exact) mass is 410 g/mol. The number of fused-ring (bicyclic) bond motifs is 1. The number of allylic oxidation sites excluding steroid dienone is 1. The second kappa shape index (κ2) is 9.92. The maximum atomic E-state index is 12.9. The summed E-state index contributed by atoms with van der Waals surface area (Å²) in [6.45, 7) is 12.2. The molecule has 3 rings (SSSR count). The van der Waals surface area contributed by atoms with Gasteiger partial charge in [0.2, 0.25) is 0 Å². The molecule has 0 aromatic carbocycles. The zero-order valence-electron chi connectivity index (χ0n) is 18.4. The number of rotatable bonds is 11. The third-order valence-electron chi connectivity index (χ3n) is 5.81. The van der Waals surface area contributed by atoms with Gasteiger partial charge in [-0.2, -0.15) is 0 Å². The van der Waals surface area contributed by atoms with Crippen LogP contribution in [0.3, 0.4) is 0 Å². The van der Waals surface area contributed by atoms with Gasteiger partial charge in [0.25, 0.3) is 11.8 Å². The van der Waals surface area contributed by atoms with E-state index in [1.165, 1.54) is 6.42 Å². The second-order valence-electron chi connectivity index (χ2n) is 8.50. The molecule has 1 saturated carbocycles. The number of hydrogen-bond donors (Lipinski definition) is 1. The molecule has 6 nitrogen and oxygen atoms in total. The van der Waals surface area contributed by atoms with Crippen molar-refractivity contribution in [3.8, 4) is 0 Å². The van der Waals surface area contributed by atoms with Crippen molar-refractivity contribution >= 4 is 17.5 Å². The summed E-state index contributed by atoms with van der Waals surface area (Å²) in [7, 11) is 0. The summed E-state index contributed by atoms with van der Waals surface area (Å²) in [4.78, 5) is 32.0. The second-order valence-corrected chi connectivity index (χ2v) is 8.50. The highest BCUT2D eigenvalue weighted by molar-refractivity contribution is 5.95. The summed E-state index contributed by atoms with van der Waals surface area (Å²) in [5.74, 6) is 1.56. The minimum absolute atomic E-state index is 0.0800. The first-order valence-corrected chi connectivity index (χ1v) is 11.2. The number of carbonyl (C=O) groups is 2. The van der Waals surface area contributed by atoms with E-state index in [4.69, 9.17) is 0 Å². The number of nitrogens with one attached hydrogen (secondary N) is 1. The molecule has 2 heterocycles. The molecule has 6 heteroatoms. The third kappa shape index (κ3) is 5.10. The van der Waals surface area contributed by atoms with Crippen LogP contribution in [0.4, 0.5) is 0 Å². The molecule has 0 spiro atoms. The van der Waals surface area contributed by atoms with E-state index in [0.717, 1.165) is 19.3 Å². The van der Waals surface area contributed by atoms with Crippen molar-refractivity contribution in [1.82, 2.24) is 19.6 Å². The molecule has 1 fully saturated rings. The average Bonchev–Trinajstić information content (AvgIpc) is 3.34. The van der Waals surface area contributed by atoms with E-state index in [1.807, 2.05) is 23.1 Å². The van der Waals surface area contributed by atoms with Gasteiger partial charge in [-0.25, -0.2) is 4.98 Å². The van der Waals surface area contributed by atoms with Crippen LogP contribution < -0.4 is 5.32 Å². The Morgan fingerprint density at radius 2 is 2.07 bits per heavy atom. The topological polar surface area (TPSA) is 66.7 Å². The molecule has 162 valence electrons. The van der Waals surface area contributed by atoms with Crippen molar-refractivity contribution in [3.05, 3.63) is 48.4 Å². The van der Waals surface area contributed by atoms with E-state index in [0.29, 0.717) is 54.4 Å². The fraction of sp³-hybridized carbons (Fsp3) is 0.542. The van der Waals surface area contributed by atoms with Gasteiger partial charge in [-0.1, -0.05) is 32.9 Å². The lowest BCUT2D eigenvalue weighted by atomic mass is 10.0. The fourth-order valence-electron chi connectivity index (χ4n) is 4.10. The van der Waals surface area contributed by atoms with Crippen LogP contribution in [0, 0.1) is 17.8 Å². The molecule has 2 aromatic heterocycles. The molecule has 1 aliphatic rings. The Bertz CT molecular complexity index is 898. The minimum atomic E-state index is -0.140. The number of hydrogen-bond acceptors (Lipinski definition) is 3. The largest absolute Gasteiger partial charge is 0.350 e. The first kappa shape index (κ1) is 22.1. The molecule has 2 amide bonds. The van der Waals surface area contributed by atoms with Crippen molar-refractivity contribution in [2.24, 2.45) is 17.8 Å². The highest BCUT2D eigenvalue weighted by atomic mass is 16.2. The molecule has 0 radical (unpaired) electrons. The van der Waals surface area contributed by atoms with Gasteiger partial charge in [0.15, 0.2) is 0 Å². The summed E-state index contributed by atoms with van der Waals surface area (Å²) in [5, 5.41) is 3.05. The van der Waals surface area contributed by atoms with Crippen LogP contribution in [-0.4, -0.2) is 45.7 Å². The Kier molecular flexibility index (Phi) is 7.29. The quantitative estimate of drug-likeness (QED) is 0.565. The van der Waals surface area contributed by atoms with Gasteiger partial charge in [-0.3, -0.25) is 14.0 Å². The number of nitrogens with zero attached hydrogens (tertiary/aromatic N) is 3. The standard InChI is InChI=1S/C24H34N4O2/c1-5-11-27(12-6-2)24(30)20-16-28-21(9-8-10-22(28)26-20)23(29)25-15-17(4)13-19-14-18(19)7-3/h7-10,16-19H,3,5-6,11-15H2,1-2,4H3,(H,25,29). The molecule has 0 bridgehead atoms. The fourth-order valence-corrected chi connectivity index (χ4v) is 4.10. The highest BCUT2D eigenvalue weighted by Crippen LogP contribution is 2.43. The molecule has 30 heavy (non-hydrogen) atoms. The van der Waals surface area contributed by atoms with Crippen LogP contribution >= 0.6 is 0 Å². The normalized spacial score (nSPS) is 18.8. The van der Waals surface area contributed by atoms with Gasteiger partial charge in [-0.15, -0.1) is 6.58 Å². The number of pyridine rings is 1. The number of carbonyl (C=O) groups excluding carboxylic acids is 2. The molecular weight excluding hydrogens is 376 g/mol. The molecule has 0 saturated heterocycles. The lowest BCUT2D eigenvalue weighted by Crippen LogP contribution is -2.32. The van der Waals surface area contributed by atoms with Gasteiger partial charge in [0.1, 0.15) is 17.0 Å². The number of amides is 2. The smallest absolute Gasteiger partial charge is 0.274 e. The Morgan fingerprint density at radius 3 is 2.70 bits per heavy atom. The average molecular weight is 411 g/mol. The molecule has 3 atom stereocenters. The van der Waals surface area contributed by atoms with Crippen molar-refractivity contribution in [3.63, 3.8) is 0 Å². The number of imidazole rings is 1. The summed E-state index contributed by atoms with van der Waals surface area (Å²) in [6.07, 6.45) is 7.86. The van der Waals surface area contributed by atoms with Crippen molar-refractivity contribution in [1.29, 1.82) is 0 Å². The van der Waals surface area contributed by atoms with E-state index in [2.05, 4.69) is 37.7 Å². The van der Waals surface area contributed by atoms with Crippen molar-refractivity contribution in [2.75, 3.05) is 19.6 Å². The van der Waals surface area contributed by atoms with Gasteiger partial charge >= 0.3 is 0 Å². The summed E-state index contributed by atoms with van der Waals surface area (Å²) >= 11 is 0. The SMILES string of the molecule is C=CC1CC1CC(C)CNC(=O)c1cccc2nc(C(=O)N(CCC)CCC)cn12. The zero-order chi connectivity index (χ0) is 21.7. The Morgan fingerprint density at radius 1 is 1.33 bits per heavy atom. The van der Waals surface area contributed by atoms with Crippen LogP contribution in [0.2, 0.25) is 0 Å².